The summed E-state index contributed by atoms with van der Waals surface area (Å²) in [5.74, 6) is -0.697. The maximum atomic E-state index is 11.9. The van der Waals surface area contributed by atoms with Crippen LogP contribution >= 0.6 is 0 Å². The van der Waals surface area contributed by atoms with Crippen LogP contribution in [0.15, 0.2) is 61.2 Å². The van der Waals surface area contributed by atoms with Crippen molar-refractivity contribution in [3.05, 3.63) is 77.9 Å². The van der Waals surface area contributed by atoms with Gasteiger partial charge < -0.3 is 10.1 Å². The average molecular weight is 295 g/mol. The van der Waals surface area contributed by atoms with Gasteiger partial charge >= 0.3 is 5.97 Å². The van der Waals surface area contributed by atoms with Crippen molar-refractivity contribution in [1.29, 1.82) is 0 Å². The molecule has 1 amide bonds. The van der Waals surface area contributed by atoms with E-state index in [1.165, 1.54) is 6.08 Å². The van der Waals surface area contributed by atoms with E-state index in [0.717, 1.165) is 11.1 Å². The van der Waals surface area contributed by atoms with Gasteiger partial charge in [-0.1, -0.05) is 36.4 Å². The molecule has 4 heteroatoms. The largest absolute Gasteiger partial charge is 0.457 e. The summed E-state index contributed by atoms with van der Waals surface area (Å²) in [6.07, 6.45) is 1.18. The lowest BCUT2D eigenvalue weighted by molar-refractivity contribution is -0.111. The second-order valence-corrected chi connectivity index (χ2v) is 4.83. The van der Waals surface area contributed by atoms with E-state index >= 15 is 0 Å². The van der Waals surface area contributed by atoms with Gasteiger partial charge in [-0.05, 0) is 42.8 Å². The highest BCUT2D eigenvalue weighted by molar-refractivity contribution is 5.99. The summed E-state index contributed by atoms with van der Waals surface area (Å²) in [5, 5.41) is 2.61. The Morgan fingerprint density at radius 1 is 1.09 bits per heavy atom. The number of aryl methyl sites for hydroxylation is 1. The Hall–Kier alpha value is -2.88. The van der Waals surface area contributed by atoms with Crippen molar-refractivity contribution in [1.82, 2.24) is 0 Å². The lowest BCUT2D eigenvalue weighted by atomic mass is 10.1. The summed E-state index contributed by atoms with van der Waals surface area (Å²) in [6.45, 7) is 5.61. The summed E-state index contributed by atoms with van der Waals surface area (Å²) in [6, 6.07) is 14.3. The van der Waals surface area contributed by atoms with Crippen molar-refractivity contribution in [2.75, 3.05) is 5.32 Å². The van der Waals surface area contributed by atoms with E-state index in [9.17, 15) is 9.59 Å². The minimum Gasteiger partial charge on any atom is -0.457 e. The first-order valence-electron chi connectivity index (χ1n) is 6.84. The molecule has 0 heterocycles. The summed E-state index contributed by atoms with van der Waals surface area (Å²) in [4.78, 5) is 23.1. The standard InChI is InChI=1S/C18H17NO3/c1-3-17(20)19-16-10-8-15(9-11-16)18(21)22-12-14-6-4-13(2)5-7-14/h3-11H,1,12H2,2H3,(H,19,20). The Balaban J connectivity index is 1.93. The van der Waals surface area contributed by atoms with Crippen molar-refractivity contribution in [3.63, 3.8) is 0 Å². The van der Waals surface area contributed by atoms with Crippen LogP contribution in [0, 0.1) is 6.92 Å². The molecule has 0 radical (unpaired) electrons. The third-order valence-corrected chi connectivity index (χ3v) is 3.06. The first kappa shape index (κ1) is 15.5. The predicted octanol–water partition coefficient (Wildman–Crippen LogP) is 3.48. The molecule has 0 saturated carbocycles. The summed E-state index contributed by atoms with van der Waals surface area (Å²) in [7, 11) is 0. The first-order chi connectivity index (χ1) is 10.6. The van der Waals surface area contributed by atoms with Gasteiger partial charge in [0.05, 0.1) is 5.56 Å². The van der Waals surface area contributed by atoms with E-state index in [4.69, 9.17) is 4.74 Å². The SMILES string of the molecule is C=CC(=O)Nc1ccc(C(=O)OCc2ccc(C)cc2)cc1. The minimum atomic E-state index is -0.401. The molecule has 2 aromatic rings. The molecule has 0 fully saturated rings. The first-order valence-corrected chi connectivity index (χ1v) is 6.84. The highest BCUT2D eigenvalue weighted by atomic mass is 16.5. The van der Waals surface area contributed by atoms with Gasteiger partial charge in [-0.25, -0.2) is 4.79 Å². The number of hydrogen-bond donors (Lipinski definition) is 1. The van der Waals surface area contributed by atoms with Gasteiger partial charge in [-0.2, -0.15) is 0 Å². The zero-order chi connectivity index (χ0) is 15.9. The minimum absolute atomic E-state index is 0.230. The van der Waals surface area contributed by atoms with E-state index < -0.39 is 5.97 Å². The Labute approximate surface area is 129 Å². The van der Waals surface area contributed by atoms with Crippen molar-refractivity contribution in [3.8, 4) is 0 Å². The van der Waals surface area contributed by atoms with Crippen LogP contribution in [0.4, 0.5) is 5.69 Å². The molecule has 2 aromatic carbocycles. The monoisotopic (exact) mass is 295 g/mol. The predicted molar refractivity (Wildman–Crippen MR) is 85.6 cm³/mol. The molecule has 112 valence electrons. The Morgan fingerprint density at radius 2 is 1.73 bits per heavy atom. The van der Waals surface area contributed by atoms with Crippen LogP contribution < -0.4 is 5.32 Å². The molecule has 22 heavy (non-hydrogen) atoms. The van der Waals surface area contributed by atoms with Crippen LogP contribution in [0.25, 0.3) is 0 Å². The van der Waals surface area contributed by atoms with Gasteiger partial charge in [-0.3, -0.25) is 4.79 Å². The van der Waals surface area contributed by atoms with Gasteiger partial charge in [-0.15, -0.1) is 0 Å². The molecule has 0 aromatic heterocycles. The number of nitrogens with one attached hydrogen (secondary N) is 1. The smallest absolute Gasteiger partial charge is 0.338 e. The van der Waals surface area contributed by atoms with Gasteiger partial charge in [0.25, 0.3) is 0 Å². The highest BCUT2D eigenvalue weighted by Gasteiger charge is 2.07. The molecular weight excluding hydrogens is 278 g/mol. The van der Waals surface area contributed by atoms with E-state index in [-0.39, 0.29) is 12.5 Å². The second-order valence-electron chi connectivity index (χ2n) is 4.83. The third-order valence-electron chi connectivity index (χ3n) is 3.06. The van der Waals surface area contributed by atoms with E-state index in [0.29, 0.717) is 11.3 Å². The number of amides is 1. The van der Waals surface area contributed by atoms with Crippen molar-refractivity contribution in [2.45, 2.75) is 13.5 Å². The van der Waals surface area contributed by atoms with Crippen LogP contribution in [0.1, 0.15) is 21.5 Å². The summed E-state index contributed by atoms with van der Waals surface area (Å²) >= 11 is 0. The molecule has 0 atom stereocenters. The number of ether oxygens (including phenoxy) is 1. The number of hydrogen-bond acceptors (Lipinski definition) is 3. The van der Waals surface area contributed by atoms with E-state index in [1.54, 1.807) is 24.3 Å². The normalized spacial score (nSPS) is 9.86. The molecule has 0 saturated heterocycles. The fourth-order valence-corrected chi connectivity index (χ4v) is 1.80. The Morgan fingerprint density at radius 3 is 2.32 bits per heavy atom. The summed E-state index contributed by atoms with van der Waals surface area (Å²) < 4.78 is 5.25. The van der Waals surface area contributed by atoms with Crippen LogP contribution in [0.5, 0.6) is 0 Å². The average Bonchev–Trinajstić information content (AvgIpc) is 2.54. The quantitative estimate of drug-likeness (QED) is 0.678. The van der Waals surface area contributed by atoms with E-state index in [1.807, 2.05) is 31.2 Å². The fraction of sp³-hybridized carbons (Fsp3) is 0.111. The van der Waals surface area contributed by atoms with Gasteiger partial charge in [0.15, 0.2) is 0 Å². The van der Waals surface area contributed by atoms with Gasteiger partial charge in [0.1, 0.15) is 6.61 Å². The Bertz CT molecular complexity index is 672. The molecule has 0 aliphatic heterocycles. The number of rotatable bonds is 5. The molecule has 1 N–H and O–H groups in total. The van der Waals surface area contributed by atoms with Crippen molar-refractivity contribution in [2.24, 2.45) is 0 Å². The zero-order valence-corrected chi connectivity index (χ0v) is 12.3. The third kappa shape index (κ3) is 4.31. The van der Waals surface area contributed by atoms with Crippen molar-refractivity contribution >= 4 is 17.6 Å². The molecule has 0 unspecified atom stereocenters. The highest BCUT2D eigenvalue weighted by Crippen LogP contribution is 2.12. The summed E-state index contributed by atoms with van der Waals surface area (Å²) in [5.41, 5.74) is 3.13. The van der Waals surface area contributed by atoms with Gasteiger partial charge in [0.2, 0.25) is 5.91 Å². The van der Waals surface area contributed by atoms with Crippen LogP contribution in [-0.2, 0) is 16.1 Å². The lowest BCUT2D eigenvalue weighted by Gasteiger charge is -2.06. The molecular formula is C18H17NO3. The molecule has 0 aliphatic rings. The van der Waals surface area contributed by atoms with Crippen LogP contribution in [-0.4, -0.2) is 11.9 Å². The maximum Gasteiger partial charge on any atom is 0.338 e. The molecule has 0 bridgehead atoms. The topological polar surface area (TPSA) is 55.4 Å². The number of carbonyl (C=O) groups is 2. The number of benzene rings is 2. The maximum absolute atomic E-state index is 11.9. The second kappa shape index (κ2) is 7.22. The molecule has 2 rings (SSSR count). The molecule has 0 spiro atoms. The zero-order valence-electron chi connectivity index (χ0n) is 12.3. The van der Waals surface area contributed by atoms with E-state index in [2.05, 4.69) is 11.9 Å². The van der Waals surface area contributed by atoms with Crippen LogP contribution in [0.3, 0.4) is 0 Å². The molecule has 0 aliphatic carbocycles. The Kier molecular flexibility index (Phi) is 5.09. The van der Waals surface area contributed by atoms with Crippen molar-refractivity contribution < 1.29 is 14.3 Å². The number of anilines is 1. The number of carbonyl (C=O) groups excluding carboxylic acids is 2. The molecule has 4 nitrogen and oxygen atoms in total. The van der Waals surface area contributed by atoms with Crippen LogP contribution in [0.2, 0.25) is 0 Å². The number of esters is 1. The lowest BCUT2D eigenvalue weighted by Crippen LogP contribution is -2.08. The fourth-order valence-electron chi connectivity index (χ4n) is 1.80. The van der Waals surface area contributed by atoms with Gasteiger partial charge in [0, 0.05) is 5.69 Å².